The Morgan fingerprint density at radius 2 is 2.17 bits per heavy atom. The van der Waals surface area contributed by atoms with E-state index in [0.29, 0.717) is 17.5 Å². The fourth-order valence-electron chi connectivity index (χ4n) is 2.14. The van der Waals surface area contributed by atoms with E-state index in [1.807, 2.05) is 31.2 Å². The lowest BCUT2D eigenvalue weighted by Crippen LogP contribution is -2.09. The molecule has 126 valence electrons. The number of fused-ring (bicyclic) bond motifs is 1. The molecule has 1 aliphatic rings. The molecule has 0 radical (unpaired) electrons. The second kappa shape index (κ2) is 7.02. The zero-order chi connectivity index (χ0) is 17.3. The Bertz CT molecular complexity index is 835. The smallest absolute Gasteiger partial charge is 0.299 e. The Kier molecular flexibility index (Phi) is 5.00. The predicted octanol–water partition coefficient (Wildman–Crippen LogP) is 4.75. The number of benzene rings is 1. The number of hydrogen-bond donors (Lipinski definition) is 0. The summed E-state index contributed by atoms with van der Waals surface area (Å²) in [5.41, 5.74) is 1.47. The zero-order valence-electron chi connectivity index (χ0n) is 12.8. The predicted molar refractivity (Wildman–Crippen MR) is 92.6 cm³/mol. The van der Waals surface area contributed by atoms with Crippen LogP contribution in [0.5, 0.6) is 5.75 Å². The molecular weight excluding hydrogens is 402 g/mol. The van der Waals surface area contributed by atoms with Gasteiger partial charge in [-0.3, -0.25) is 0 Å². The molecule has 0 saturated carbocycles. The average Bonchev–Trinajstić information content (AvgIpc) is 2.93. The first-order valence-corrected chi connectivity index (χ1v) is 8.72. The summed E-state index contributed by atoms with van der Waals surface area (Å²) >= 11 is 4.69. The Labute approximate surface area is 149 Å². The summed E-state index contributed by atoms with van der Waals surface area (Å²) < 4.78 is 33.4. The minimum absolute atomic E-state index is 0.315. The van der Waals surface area contributed by atoms with Crippen molar-refractivity contribution in [1.29, 1.82) is 0 Å². The molecular formula is C15H13BrF2N4OS. The van der Waals surface area contributed by atoms with E-state index in [1.54, 1.807) is 6.92 Å². The molecule has 0 saturated heterocycles. The third-order valence-electron chi connectivity index (χ3n) is 3.20. The lowest BCUT2D eigenvalue weighted by atomic mass is 10.1. The van der Waals surface area contributed by atoms with Gasteiger partial charge in [0.15, 0.2) is 0 Å². The quantitative estimate of drug-likeness (QED) is 0.724. The van der Waals surface area contributed by atoms with E-state index in [9.17, 15) is 8.78 Å². The highest BCUT2D eigenvalue weighted by Crippen LogP contribution is 2.36. The summed E-state index contributed by atoms with van der Waals surface area (Å²) in [5.74, 6) is 0.287. The third kappa shape index (κ3) is 3.36. The highest BCUT2D eigenvalue weighted by molar-refractivity contribution is 9.10. The summed E-state index contributed by atoms with van der Waals surface area (Å²) in [7, 11) is 0. The second-order valence-corrected chi connectivity index (χ2v) is 6.79. The largest absolute Gasteiger partial charge is 0.493 e. The first-order valence-electron chi connectivity index (χ1n) is 7.11. The average molecular weight is 415 g/mol. The lowest BCUT2D eigenvalue weighted by molar-refractivity contribution is 0.135. The van der Waals surface area contributed by atoms with Crippen LogP contribution in [0.4, 0.5) is 8.78 Å². The van der Waals surface area contributed by atoms with E-state index in [1.165, 1.54) is 11.8 Å². The number of nitrogens with zero attached hydrogens (tertiary/aromatic N) is 4. The highest BCUT2D eigenvalue weighted by Gasteiger charge is 2.25. The SMILES string of the molecule is CCOc1ccc(Br)cc1C=C1Sc2nnc(C(F)F)n2N=C1C. The van der Waals surface area contributed by atoms with Crippen molar-refractivity contribution in [1.82, 2.24) is 14.9 Å². The molecule has 0 atom stereocenters. The first-order chi connectivity index (χ1) is 11.5. The van der Waals surface area contributed by atoms with E-state index in [2.05, 4.69) is 31.2 Å². The van der Waals surface area contributed by atoms with E-state index in [-0.39, 0.29) is 0 Å². The van der Waals surface area contributed by atoms with E-state index in [0.717, 1.165) is 25.4 Å². The molecule has 1 aromatic carbocycles. The van der Waals surface area contributed by atoms with Gasteiger partial charge in [-0.15, -0.1) is 10.2 Å². The normalized spacial score (nSPS) is 15.6. The van der Waals surface area contributed by atoms with E-state index in [4.69, 9.17) is 4.74 Å². The van der Waals surface area contributed by atoms with Gasteiger partial charge in [0.2, 0.25) is 11.0 Å². The molecule has 0 aliphatic carbocycles. The van der Waals surface area contributed by atoms with Crippen molar-refractivity contribution in [2.75, 3.05) is 6.61 Å². The van der Waals surface area contributed by atoms with Crippen LogP contribution in [0.25, 0.3) is 6.08 Å². The van der Waals surface area contributed by atoms with Crippen LogP contribution in [0, 0.1) is 0 Å². The number of halogens is 3. The molecule has 1 aromatic heterocycles. The van der Waals surface area contributed by atoms with Crippen molar-refractivity contribution in [2.45, 2.75) is 25.4 Å². The summed E-state index contributed by atoms with van der Waals surface area (Å²) in [5, 5.41) is 11.8. The summed E-state index contributed by atoms with van der Waals surface area (Å²) in [4.78, 5) is 0.801. The maximum atomic E-state index is 12.9. The topological polar surface area (TPSA) is 52.3 Å². The Hall–Kier alpha value is -1.74. The van der Waals surface area contributed by atoms with Gasteiger partial charge in [-0.05, 0) is 49.9 Å². The molecule has 0 amide bonds. The Balaban J connectivity index is 2.00. The van der Waals surface area contributed by atoms with Gasteiger partial charge in [-0.25, -0.2) is 8.78 Å². The van der Waals surface area contributed by atoms with Crippen LogP contribution < -0.4 is 4.74 Å². The van der Waals surface area contributed by atoms with Crippen LogP contribution in [0.15, 0.2) is 37.8 Å². The van der Waals surface area contributed by atoms with Crippen molar-refractivity contribution < 1.29 is 13.5 Å². The molecule has 0 unspecified atom stereocenters. The molecule has 0 spiro atoms. The van der Waals surface area contributed by atoms with E-state index >= 15 is 0 Å². The van der Waals surface area contributed by atoms with Gasteiger partial charge in [0.05, 0.1) is 12.3 Å². The molecule has 2 aromatic rings. The second-order valence-electron chi connectivity index (χ2n) is 4.86. The van der Waals surface area contributed by atoms with Gasteiger partial charge < -0.3 is 4.74 Å². The number of rotatable bonds is 4. The fourth-order valence-corrected chi connectivity index (χ4v) is 3.39. The Morgan fingerprint density at radius 3 is 2.88 bits per heavy atom. The van der Waals surface area contributed by atoms with Gasteiger partial charge in [-0.1, -0.05) is 15.9 Å². The number of ether oxygens (including phenoxy) is 1. The van der Waals surface area contributed by atoms with Crippen LogP contribution >= 0.6 is 27.7 Å². The molecule has 3 rings (SSSR count). The number of thioether (sulfide) groups is 1. The molecule has 5 nitrogen and oxygen atoms in total. The van der Waals surface area contributed by atoms with Crippen LogP contribution in [-0.4, -0.2) is 27.2 Å². The van der Waals surface area contributed by atoms with E-state index < -0.39 is 12.2 Å². The monoisotopic (exact) mass is 414 g/mol. The number of aromatic nitrogens is 3. The van der Waals surface area contributed by atoms with Crippen molar-refractivity contribution in [3.8, 4) is 5.75 Å². The lowest BCUT2D eigenvalue weighted by Gasteiger charge is -2.15. The van der Waals surface area contributed by atoms with Gasteiger partial charge in [0.25, 0.3) is 6.43 Å². The summed E-state index contributed by atoms with van der Waals surface area (Å²) in [6, 6.07) is 5.70. The van der Waals surface area contributed by atoms with Gasteiger partial charge >= 0.3 is 0 Å². The molecule has 24 heavy (non-hydrogen) atoms. The Morgan fingerprint density at radius 1 is 1.38 bits per heavy atom. The molecule has 0 fully saturated rings. The molecule has 1 aliphatic heterocycles. The van der Waals surface area contributed by atoms with Crippen LogP contribution in [0.2, 0.25) is 0 Å². The molecule has 0 bridgehead atoms. The summed E-state index contributed by atoms with van der Waals surface area (Å²) in [6.07, 6.45) is -0.817. The van der Waals surface area contributed by atoms with Gasteiger partial charge in [0.1, 0.15) is 5.75 Å². The van der Waals surface area contributed by atoms with Crippen molar-refractivity contribution in [2.24, 2.45) is 5.10 Å². The molecule has 0 N–H and O–H groups in total. The maximum Gasteiger partial charge on any atom is 0.299 e. The van der Waals surface area contributed by atoms with Crippen LogP contribution in [0.3, 0.4) is 0 Å². The highest BCUT2D eigenvalue weighted by atomic mass is 79.9. The first kappa shape index (κ1) is 17.1. The number of hydrogen-bond acceptors (Lipinski definition) is 5. The van der Waals surface area contributed by atoms with Crippen molar-refractivity contribution in [3.63, 3.8) is 0 Å². The van der Waals surface area contributed by atoms with Gasteiger partial charge in [-0.2, -0.15) is 9.78 Å². The van der Waals surface area contributed by atoms with Crippen LogP contribution in [0.1, 0.15) is 31.7 Å². The standard InChI is InChI=1S/C15H13BrF2N4OS/c1-3-23-11-5-4-10(16)6-9(11)7-12-8(2)21-22-14(13(17)18)19-20-15(22)24-12/h4-7,13H,3H2,1-2H3. The van der Waals surface area contributed by atoms with Crippen LogP contribution in [-0.2, 0) is 0 Å². The molecule has 9 heteroatoms. The van der Waals surface area contributed by atoms with Gasteiger partial charge in [0, 0.05) is 14.9 Å². The third-order valence-corrected chi connectivity index (χ3v) is 4.76. The number of allylic oxidation sites excluding steroid dienone is 1. The minimum Gasteiger partial charge on any atom is -0.493 e. The van der Waals surface area contributed by atoms with Crippen molar-refractivity contribution in [3.05, 3.63) is 39.0 Å². The fraction of sp³-hybridized carbons (Fsp3) is 0.267. The maximum absolute atomic E-state index is 12.9. The zero-order valence-corrected chi connectivity index (χ0v) is 15.2. The summed E-state index contributed by atoms with van der Waals surface area (Å²) in [6.45, 7) is 4.22. The number of alkyl halides is 2. The van der Waals surface area contributed by atoms with Crippen molar-refractivity contribution >= 4 is 39.5 Å². The molecule has 2 heterocycles. The minimum atomic E-state index is -2.72.